The van der Waals surface area contributed by atoms with Gasteiger partial charge in [-0.25, -0.2) is 23.3 Å². The van der Waals surface area contributed by atoms with Crippen molar-refractivity contribution in [2.75, 3.05) is 11.9 Å². The van der Waals surface area contributed by atoms with Crippen molar-refractivity contribution in [3.63, 3.8) is 0 Å². The Bertz CT molecular complexity index is 1220. The third-order valence-electron chi connectivity index (χ3n) is 5.58. The molecule has 0 unspecified atom stereocenters. The number of nitrogens with one attached hydrogen (secondary N) is 1. The first kappa shape index (κ1) is 21.2. The quantitative estimate of drug-likeness (QED) is 0.784. The number of nitrogens with zero attached hydrogens (tertiary/aromatic N) is 3. The monoisotopic (exact) mass is 436 g/mol. The highest BCUT2D eigenvalue weighted by Crippen LogP contribution is 2.45. The molecule has 0 saturated heterocycles. The topological polar surface area (TPSA) is 93.5 Å². The van der Waals surface area contributed by atoms with Crippen molar-refractivity contribution in [1.82, 2.24) is 10.2 Å². The van der Waals surface area contributed by atoms with Crippen LogP contribution < -0.4 is 10.2 Å². The number of carbonyl (C=O) groups is 3. The van der Waals surface area contributed by atoms with E-state index >= 15 is 0 Å². The van der Waals surface area contributed by atoms with Crippen LogP contribution in [-0.4, -0.2) is 29.8 Å². The smallest absolute Gasteiger partial charge is 0.337 e. The van der Waals surface area contributed by atoms with E-state index in [1.807, 2.05) is 6.07 Å². The van der Waals surface area contributed by atoms with Gasteiger partial charge in [-0.2, -0.15) is 5.26 Å². The maximum Gasteiger partial charge on any atom is 0.337 e. The van der Waals surface area contributed by atoms with Gasteiger partial charge in [0, 0.05) is 30.3 Å². The van der Waals surface area contributed by atoms with Crippen LogP contribution >= 0.6 is 0 Å². The summed E-state index contributed by atoms with van der Waals surface area (Å²) in [7, 11) is 1.32. The number of imide groups is 1. The molecule has 2 aromatic rings. The molecule has 0 bridgehead atoms. The number of ketones is 1. The largest absolute Gasteiger partial charge is 0.341 e. The summed E-state index contributed by atoms with van der Waals surface area (Å²) in [6, 6.07) is 8.76. The third kappa shape index (κ3) is 3.30. The number of anilines is 1. The van der Waals surface area contributed by atoms with Gasteiger partial charge in [0.1, 0.15) is 18.5 Å². The Morgan fingerprint density at radius 1 is 1.22 bits per heavy atom. The van der Waals surface area contributed by atoms with E-state index in [9.17, 15) is 23.2 Å². The molecule has 2 aromatic carbocycles. The van der Waals surface area contributed by atoms with Crippen LogP contribution in [0.4, 0.5) is 24.1 Å². The van der Waals surface area contributed by atoms with Crippen LogP contribution in [0.2, 0.25) is 0 Å². The molecular formula is C23H18F2N4O3. The van der Waals surface area contributed by atoms with Crippen molar-refractivity contribution >= 4 is 23.5 Å². The molecule has 1 N–H and O–H groups in total. The summed E-state index contributed by atoms with van der Waals surface area (Å²) in [6.07, 6.45) is 0.309. The summed E-state index contributed by atoms with van der Waals surface area (Å²) < 4.78 is 28.2. The zero-order valence-corrected chi connectivity index (χ0v) is 17.1. The molecule has 0 aromatic heterocycles. The molecule has 0 radical (unpaired) electrons. The summed E-state index contributed by atoms with van der Waals surface area (Å²) in [5, 5.41) is 11.4. The van der Waals surface area contributed by atoms with Crippen LogP contribution in [-0.2, 0) is 11.5 Å². The lowest BCUT2D eigenvalue weighted by molar-refractivity contribution is -0.115. The van der Waals surface area contributed by atoms with Gasteiger partial charge in [0.2, 0.25) is 0 Å². The summed E-state index contributed by atoms with van der Waals surface area (Å²) in [5.41, 5.74) is 1.11. The lowest BCUT2D eigenvalue weighted by atomic mass is 9.92. The average Bonchev–Trinajstić information content (AvgIpc) is 3.18. The van der Waals surface area contributed by atoms with E-state index in [0.717, 1.165) is 11.0 Å². The number of amides is 4. The molecule has 0 spiro atoms. The van der Waals surface area contributed by atoms with Crippen LogP contribution in [0.25, 0.3) is 0 Å². The molecule has 4 amide bonds. The first-order chi connectivity index (χ1) is 15.4. The highest BCUT2D eigenvalue weighted by molar-refractivity contribution is 6.12. The molecule has 1 aliphatic carbocycles. The Kier molecular flexibility index (Phi) is 5.45. The van der Waals surface area contributed by atoms with Crippen LogP contribution in [0.5, 0.6) is 0 Å². The number of nitriles is 1. The van der Waals surface area contributed by atoms with Gasteiger partial charge >= 0.3 is 12.1 Å². The highest BCUT2D eigenvalue weighted by atomic mass is 19.1. The first-order valence-corrected chi connectivity index (χ1v) is 9.87. The van der Waals surface area contributed by atoms with E-state index in [0.29, 0.717) is 16.9 Å². The van der Waals surface area contributed by atoms with E-state index in [2.05, 4.69) is 5.32 Å². The lowest BCUT2D eigenvalue weighted by Crippen LogP contribution is -2.55. The van der Waals surface area contributed by atoms with Crippen LogP contribution in [0, 0.1) is 17.1 Å². The van der Waals surface area contributed by atoms with Crippen molar-refractivity contribution < 1.29 is 23.2 Å². The zero-order valence-electron chi connectivity index (χ0n) is 17.1. The number of urea groups is 2. The van der Waals surface area contributed by atoms with Crippen molar-refractivity contribution in [3.05, 3.63) is 76.2 Å². The minimum Gasteiger partial charge on any atom is -0.341 e. The summed E-state index contributed by atoms with van der Waals surface area (Å²) in [4.78, 5) is 41.3. The Labute approximate surface area is 182 Å². The average molecular weight is 436 g/mol. The Morgan fingerprint density at radius 2 is 2.00 bits per heavy atom. The molecule has 9 heteroatoms. The minimum absolute atomic E-state index is 0.0662. The molecule has 162 valence electrons. The van der Waals surface area contributed by atoms with E-state index in [-0.39, 0.29) is 35.3 Å². The van der Waals surface area contributed by atoms with Gasteiger partial charge in [0.15, 0.2) is 5.78 Å². The number of Topliss-reactive ketones (excluding diaryl/α,β-unsaturated/α-hetero) is 1. The van der Waals surface area contributed by atoms with Gasteiger partial charge in [-0.15, -0.1) is 0 Å². The Balaban J connectivity index is 1.96. The van der Waals surface area contributed by atoms with Crippen molar-refractivity contribution in [2.24, 2.45) is 0 Å². The number of hydrogen-bond acceptors (Lipinski definition) is 4. The SMILES string of the molecule is CNC(=O)N1C(=O)N(c2cccc(CF)c2)C2=C(C(=O)CC2)[C@H]1c1ccc(C#N)cc1F. The number of halogens is 2. The first-order valence-electron chi connectivity index (χ1n) is 9.87. The zero-order chi connectivity index (χ0) is 23.0. The predicted octanol–water partition coefficient (Wildman–Crippen LogP) is 4.11. The van der Waals surface area contributed by atoms with Crippen LogP contribution in [0.3, 0.4) is 0 Å². The van der Waals surface area contributed by atoms with E-state index in [1.54, 1.807) is 18.2 Å². The standard InChI is InChI=1S/C23H18F2N4O3/c1-27-22(31)29-21(16-6-5-14(12-26)10-17(16)25)20-18(7-8-19(20)30)28(23(29)32)15-4-2-3-13(9-15)11-24/h2-6,9-10,21H,7-8,11H2,1H3,(H,27,31)/t21-/m1/s1. The van der Waals surface area contributed by atoms with E-state index in [4.69, 9.17) is 5.26 Å². The fourth-order valence-electron chi connectivity index (χ4n) is 4.15. The number of rotatable bonds is 3. The second-order valence-corrected chi connectivity index (χ2v) is 7.38. The molecule has 1 atom stereocenters. The molecule has 0 saturated carbocycles. The number of benzene rings is 2. The molecule has 32 heavy (non-hydrogen) atoms. The summed E-state index contributed by atoms with van der Waals surface area (Å²) in [6.45, 7) is -0.751. The maximum atomic E-state index is 15.0. The maximum absolute atomic E-state index is 15.0. The number of carbonyl (C=O) groups excluding carboxylic acids is 3. The Morgan fingerprint density at radius 3 is 2.66 bits per heavy atom. The molecule has 1 aliphatic heterocycles. The Hall–Kier alpha value is -4.06. The van der Waals surface area contributed by atoms with Crippen LogP contribution in [0.1, 0.15) is 35.6 Å². The van der Waals surface area contributed by atoms with Gasteiger partial charge in [0.05, 0.1) is 17.3 Å². The number of allylic oxidation sites excluding steroid dienone is 1. The lowest BCUT2D eigenvalue weighted by Gasteiger charge is -2.40. The normalized spacial score (nSPS) is 18.0. The van der Waals surface area contributed by atoms with Gasteiger partial charge in [-0.1, -0.05) is 18.2 Å². The molecule has 7 nitrogen and oxygen atoms in total. The molecular weight excluding hydrogens is 418 g/mol. The van der Waals surface area contributed by atoms with Crippen molar-refractivity contribution in [2.45, 2.75) is 25.6 Å². The summed E-state index contributed by atoms with van der Waals surface area (Å²) in [5.74, 6) is -1.13. The third-order valence-corrected chi connectivity index (χ3v) is 5.58. The summed E-state index contributed by atoms with van der Waals surface area (Å²) >= 11 is 0. The fraction of sp³-hybridized carbons (Fsp3) is 0.217. The molecule has 0 fully saturated rings. The number of alkyl halides is 1. The highest BCUT2D eigenvalue weighted by Gasteiger charge is 2.49. The minimum atomic E-state index is -1.29. The van der Waals surface area contributed by atoms with Crippen LogP contribution in [0.15, 0.2) is 53.7 Å². The molecule has 2 aliphatic rings. The van der Waals surface area contributed by atoms with E-state index in [1.165, 1.54) is 30.1 Å². The molecule has 1 heterocycles. The fourth-order valence-corrected chi connectivity index (χ4v) is 4.15. The van der Waals surface area contributed by atoms with Gasteiger partial charge in [-0.3, -0.25) is 9.69 Å². The van der Waals surface area contributed by atoms with Gasteiger partial charge in [-0.05, 0) is 36.2 Å². The van der Waals surface area contributed by atoms with Gasteiger partial charge < -0.3 is 5.32 Å². The molecule has 4 rings (SSSR count). The second-order valence-electron chi connectivity index (χ2n) is 7.38. The van der Waals surface area contributed by atoms with E-state index < -0.39 is 30.6 Å². The second kappa shape index (κ2) is 8.23. The van der Waals surface area contributed by atoms with Gasteiger partial charge in [0.25, 0.3) is 0 Å². The van der Waals surface area contributed by atoms with Crippen molar-refractivity contribution in [3.8, 4) is 6.07 Å². The predicted molar refractivity (Wildman–Crippen MR) is 111 cm³/mol. The number of hydrogen-bond donors (Lipinski definition) is 1. The van der Waals surface area contributed by atoms with Crippen molar-refractivity contribution in [1.29, 1.82) is 5.26 Å².